The summed E-state index contributed by atoms with van der Waals surface area (Å²) in [4.78, 5) is 4.27. The van der Waals surface area contributed by atoms with Gasteiger partial charge in [-0.05, 0) is 41.0 Å². The average molecular weight is 205 g/mol. The van der Waals surface area contributed by atoms with Gasteiger partial charge in [0.05, 0.1) is 0 Å². The molecule has 0 aromatic heterocycles. The molecule has 3 heteroatoms. The van der Waals surface area contributed by atoms with Crippen molar-refractivity contribution < 1.29 is 0 Å². The van der Waals surface area contributed by atoms with Crippen LogP contribution in [0.5, 0.6) is 0 Å². The fraction of sp³-hybridized carbons (Fsp3) is 1.00. The van der Waals surface area contributed by atoms with Crippen molar-refractivity contribution in [3.05, 3.63) is 0 Å². The van der Waals surface area contributed by atoms with Crippen LogP contribution in [-0.4, -0.2) is 49.0 Å². The fourth-order valence-electron chi connectivity index (χ4n) is 2.27. The van der Waals surface area contributed by atoms with Crippen LogP contribution < -0.4 is 0 Å². The van der Waals surface area contributed by atoms with E-state index in [1.165, 1.54) is 19.3 Å². The van der Waals surface area contributed by atoms with Crippen molar-refractivity contribution >= 4 is 11.6 Å². The summed E-state index contributed by atoms with van der Waals surface area (Å²) in [7, 11) is 8.40. The highest BCUT2D eigenvalue weighted by molar-refractivity contribution is 6.24. The van der Waals surface area contributed by atoms with Gasteiger partial charge in [0, 0.05) is 6.04 Å². The highest BCUT2D eigenvalue weighted by atomic mass is 35.5. The van der Waals surface area contributed by atoms with Crippen LogP contribution in [0.15, 0.2) is 0 Å². The third-order valence-electron chi connectivity index (χ3n) is 3.13. The molecule has 0 aliphatic heterocycles. The molecule has 0 radical (unpaired) electrons. The molecule has 1 saturated carbocycles. The maximum absolute atomic E-state index is 6.66. The summed E-state index contributed by atoms with van der Waals surface area (Å²) in [6.45, 7) is 0. The third-order valence-corrected chi connectivity index (χ3v) is 3.91. The first-order valence-corrected chi connectivity index (χ1v) is 5.39. The minimum Gasteiger partial charge on any atom is -0.303 e. The second-order valence-corrected chi connectivity index (χ2v) is 5.09. The molecule has 0 bridgehead atoms. The summed E-state index contributed by atoms with van der Waals surface area (Å²) in [6.07, 6.45) is 4.89. The summed E-state index contributed by atoms with van der Waals surface area (Å²) in [5.74, 6) is 0. The van der Waals surface area contributed by atoms with Crippen molar-refractivity contribution in [1.82, 2.24) is 9.80 Å². The van der Waals surface area contributed by atoms with E-state index in [2.05, 4.69) is 38.0 Å². The maximum Gasteiger partial charge on any atom is 0.111 e. The zero-order valence-electron chi connectivity index (χ0n) is 9.18. The van der Waals surface area contributed by atoms with Gasteiger partial charge in [0.15, 0.2) is 0 Å². The lowest BCUT2D eigenvalue weighted by Crippen LogP contribution is -2.56. The molecule has 0 aromatic rings. The molecule has 2 unspecified atom stereocenters. The van der Waals surface area contributed by atoms with Crippen LogP contribution in [0.2, 0.25) is 0 Å². The first-order valence-electron chi connectivity index (χ1n) is 5.01. The van der Waals surface area contributed by atoms with Gasteiger partial charge in [-0.1, -0.05) is 12.8 Å². The number of alkyl halides is 1. The number of hydrogen-bond donors (Lipinski definition) is 0. The lowest BCUT2D eigenvalue weighted by molar-refractivity contribution is 0.0778. The number of likely N-dealkylation sites (N-methyl/N-ethyl adjacent to an activating group) is 2. The predicted molar refractivity (Wildman–Crippen MR) is 58.2 cm³/mol. The topological polar surface area (TPSA) is 6.48 Å². The third kappa shape index (κ3) is 2.17. The molecule has 78 valence electrons. The molecule has 2 nitrogen and oxygen atoms in total. The zero-order valence-corrected chi connectivity index (χ0v) is 9.93. The average Bonchev–Trinajstić information content (AvgIpc) is 2.04. The van der Waals surface area contributed by atoms with Crippen LogP contribution in [0.25, 0.3) is 0 Å². The normalized spacial score (nSPS) is 35.8. The van der Waals surface area contributed by atoms with Crippen LogP contribution >= 0.6 is 11.6 Å². The number of halogens is 1. The Morgan fingerprint density at radius 2 is 1.77 bits per heavy atom. The van der Waals surface area contributed by atoms with E-state index in [0.717, 1.165) is 6.42 Å². The zero-order chi connectivity index (χ0) is 10.1. The highest BCUT2D eigenvalue weighted by Gasteiger charge is 2.41. The van der Waals surface area contributed by atoms with Gasteiger partial charge in [0.1, 0.15) is 5.00 Å². The molecular weight excluding hydrogens is 184 g/mol. The molecule has 2 atom stereocenters. The van der Waals surface area contributed by atoms with Gasteiger partial charge in [-0.3, -0.25) is 4.90 Å². The Balaban J connectivity index is 2.77. The molecular formula is C10H21ClN2. The van der Waals surface area contributed by atoms with Crippen LogP contribution in [0, 0.1) is 0 Å². The molecule has 1 aliphatic carbocycles. The SMILES string of the molecule is CN(C)C1CCCCC1(Cl)N(C)C. The number of nitrogens with zero attached hydrogens (tertiary/aromatic N) is 2. The van der Waals surface area contributed by atoms with Crippen molar-refractivity contribution in [3.63, 3.8) is 0 Å². The molecule has 13 heavy (non-hydrogen) atoms. The quantitative estimate of drug-likeness (QED) is 0.502. The first kappa shape index (κ1) is 11.3. The summed E-state index contributed by atoms with van der Waals surface area (Å²) in [5, 5.41) is 0. The maximum atomic E-state index is 6.66. The van der Waals surface area contributed by atoms with E-state index < -0.39 is 0 Å². The summed E-state index contributed by atoms with van der Waals surface area (Å²) < 4.78 is 0. The first-order chi connectivity index (χ1) is 5.98. The van der Waals surface area contributed by atoms with E-state index >= 15 is 0 Å². The molecule has 1 aliphatic rings. The Hall–Kier alpha value is 0.210. The second kappa shape index (κ2) is 4.16. The molecule has 0 heterocycles. The largest absolute Gasteiger partial charge is 0.303 e. The Bertz CT molecular complexity index is 170. The number of rotatable bonds is 2. The Kier molecular flexibility index (Phi) is 3.61. The lowest BCUT2D eigenvalue weighted by Gasteiger charge is -2.46. The van der Waals surface area contributed by atoms with E-state index in [-0.39, 0.29) is 5.00 Å². The van der Waals surface area contributed by atoms with Gasteiger partial charge in [0.2, 0.25) is 0 Å². The molecule has 0 saturated heterocycles. The van der Waals surface area contributed by atoms with Crippen LogP contribution in [0.1, 0.15) is 25.7 Å². The van der Waals surface area contributed by atoms with Crippen LogP contribution in [-0.2, 0) is 0 Å². The molecule has 0 aromatic carbocycles. The van der Waals surface area contributed by atoms with E-state index in [9.17, 15) is 0 Å². The summed E-state index contributed by atoms with van der Waals surface area (Å²) in [5.41, 5.74) is 0. The van der Waals surface area contributed by atoms with E-state index in [0.29, 0.717) is 6.04 Å². The molecule has 1 rings (SSSR count). The van der Waals surface area contributed by atoms with Crippen molar-refractivity contribution in [1.29, 1.82) is 0 Å². The van der Waals surface area contributed by atoms with Gasteiger partial charge < -0.3 is 4.90 Å². The van der Waals surface area contributed by atoms with Gasteiger partial charge in [-0.25, -0.2) is 0 Å². The van der Waals surface area contributed by atoms with Gasteiger partial charge >= 0.3 is 0 Å². The Morgan fingerprint density at radius 1 is 1.15 bits per heavy atom. The Labute approximate surface area is 86.8 Å². The predicted octanol–water partition coefficient (Wildman–Crippen LogP) is 1.99. The summed E-state index contributed by atoms with van der Waals surface area (Å²) in [6, 6.07) is 0.484. The van der Waals surface area contributed by atoms with Crippen molar-refractivity contribution in [2.24, 2.45) is 0 Å². The minimum absolute atomic E-state index is 0.151. The molecule has 0 N–H and O–H groups in total. The van der Waals surface area contributed by atoms with Gasteiger partial charge in [-0.15, -0.1) is 11.6 Å². The minimum atomic E-state index is -0.151. The van der Waals surface area contributed by atoms with Crippen molar-refractivity contribution in [2.75, 3.05) is 28.2 Å². The van der Waals surface area contributed by atoms with Crippen molar-refractivity contribution in [2.45, 2.75) is 36.7 Å². The number of hydrogen-bond acceptors (Lipinski definition) is 2. The molecule has 0 amide bonds. The lowest BCUT2D eigenvalue weighted by atomic mass is 9.88. The fourth-order valence-corrected chi connectivity index (χ4v) is 2.71. The summed E-state index contributed by atoms with van der Waals surface area (Å²) >= 11 is 6.66. The van der Waals surface area contributed by atoms with Gasteiger partial charge in [0.25, 0.3) is 0 Å². The Morgan fingerprint density at radius 3 is 2.15 bits per heavy atom. The van der Waals surface area contributed by atoms with Crippen LogP contribution in [0.3, 0.4) is 0 Å². The standard InChI is InChI=1S/C10H21ClN2/c1-12(2)9-7-5-6-8-10(9,11)13(3)4/h9H,5-8H2,1-4H3. The van der Waals surface area contributed by atoms with Crippen molar-refractivity contribution in [3.8, 4) is 0 Å². The molecule has 1 fully saturated rings. The van der Waals surface area contributed by atoms with Crippen LogP contribution in [0.4, 0.5) is 0 Å². The second-order valence-electron chi connectivity index (χ2n) is 4.44. The van der Waals surface area contributed by atoms with E-state index in [1.54, 1.807) is 0 Å². The molecule has 0 spiro atoms. The highest BCUT2D eigenvalue weighted by Crippen LogP contribution is 2.37. The van der Waals surface area contributed by atoms with E-state index in [1.807, 2.05) is 0 Å². The smallest absolute Gasteiger partial charge is 0.111 e. The monoisotopic (exact) mass is 204 g/mol. The van der Waals surface area contributed by atoms with Gasteiger partial charge in [-0.2, -0.15) is 0 Å². The van der Waals surface area contributed by atoms with E-state index in [4.69, 9.17) is 11.6 Å².